The van der Waals surface area contributed by atoms with Crippen molar-refractivity contribution in [1.29, 1.82) is 0 Å². The van der Waals surface area contributed by atoms with E-state index in [1.807, 2.05) is 6.07 Å². The molecule has 0 aliphatic heterocycles. The molecule has 2 rings (SSSR count). The topological polar surface area (TPSA) is 43.1 Å². The van der Waals surface area contributed by atoms with Crippen molar-refractivity contribution < 1.29 is 4.79 Å². The average Bonchev–Trinajstić information content (AvgIpc) is 2.60. The second-order valence-corrected chi connectivity index (χ2v) is 4.32. The molecule has 1 aliphatic carbocycles. The van der Waals surface area contributed by atoms with Gasteiger partial charge in [-0.3, -0.25) is 4.79 Å². The summed E-state index contributed by atoms with van der Waals surface area (Å²) in [7, 11) is 0. The van der Waals surface area contributed by atoms with E-state index in [4.69, 9.17) is 5.73 Å². The number of carbonyl (C=O) groups excluding carboxylic acids is 1. The summed E-state index contributed by atoms with van der Waals surface area (Å²) in [5.41, 5.74) is 8.98. The Labute approximate surface area is 90.5 Å². The number of hydrogen-bond acceptors (Lipinski definition) is 2. The SMILES string of the molecule is CC1CCc2ccc(C(=O)CCN)cc21. The summed E-state index contributed by atoms with van der Waals surface area (Å²) in [5.74, 6) is 0.769. The number of ketones is 1. The molecule has 2 heteroatoms. The van der Waals surface area contributed by atoms with Crippen molar-refractivity contribution >= 4 is 5.78 Å². The number of rotatable bonds is 3. The van der Waals surface area contributed by atoms with Crippen LogP contribution in [-0.4, -0.2) is 12.3 Å². The number of aryl methyl sites for hydroxylation is 1. The fourth-order valence-electron chi connectivity index (χ4n) is 2.26. The summed E-state index contributed by atoms with van der Waals surface area (Å²) in [5, 5.41) is 0. The van der Waals surface area contributed by atoms with Gasteiger partial charge < -0.3 is 5.73 Å². The van der Waals surface area contributed by atoms with Crippen LogP contribution in [0.25, 0.3) is 0 Å². The Morgan fingerprint density at radius 2 is 2.33 bits per heavy atom. The second-order valence-electron chi connectivity index (χ2n) is 4.32. The fourth-order valence-corrected chi connectivity index (χ4v) is 2.26. The van der Waals surface area contributed by atoms with Crippen LogP contribution in [0.2, 0.25) is 0 Å². The van der Waals surface area contributed by atoms with Crippen LogP contribution >= 0.6 is 0 Å². The molecule has 1 aliphatic rings. The number of carbonyl (C=O) groups is 1. The molecule has 0 saturated carbocycles. The first-order valence-electron chi connectivity index (χ1n) is 5.58. The lowest BCUT2D eigenvalue weighted by Gasteiger charge is -2.06. The fraction of sp³-hybridized carbons (Fsp3) is 0.462. The number of fused-ring (bicyclic) bond motifs is 1. The predicted octanol–water partition coefficient (Wildman–Crippen LogP) is 2.27. The normalized spacial score (nSPS) is 18.9. The summed E-state index contributed by atoms with van der Waals surface area (Å²) in [6, 6.07) is 6.10. The maximum atomic E-state index is 11.7. The van der Waals surface area contributed by atoms with E-state index < -0.39 is 0 Å². The van der Waals surface area contributed by atoms with Crippen LogP contribution in [0, 0.1) is 0 Å². The molecule has 2 N–H and O–H groups in total. The van der Waals surface area contributed by atoms with Gasteiger partial charge in [0.15, 0.2) is 5.78 Å². The lowest BCUT2D eigenvalue weighted by molar-refractivity contribution is 0.0985. The Balaban J connectivity index is 2.29. The summed E-state index contributed by atoms with van der Waals surface area (Å²) in [4.78, 5) is 11.7. The Hall–Kier alpha value is -1.15. The summed E-state index contributed by atoms with van der Waals surface area (Å²) in [6.45, 7) is 2.66. The minimum Gasteiger partial charge on any atom is -0.330 e. The molecule has 80 valence electrons. The zero-order valence-corrected chi connectivity index (χ0v) is 9.12. The predicted molar refractivity (Wildman–Crippen MR) is 61.2 cm³/mol. The van der Waals surface area contributed by atoms with E-state index in [0.717, 1.165) is 12.0 Å². The van der Waals surface area contributed by atoms with Gasteiger partial charge in [-0.05, 0) is 42.5 Å². The van der Waals surface area contributed by atoms with Crippen LogP contribution in [0.1, 0.15) is 47.2 Å². The van der Waals surface area contributed by atoms with E-state index in [-0.39, 0.29) is 5.78 Å². The van der Waals surface area contributed by atoms with E-state index >= 15 is 0 Å². The minimum absolute atomic E-state index is 0.166. The van der Waals surface area contributed by atoms with Gasteiger partial charge in [0.25, 0.3) is 0 Å². The minimum atomic E-state index is 0.166. The van der Waals surface area contributed by atoms with E-state index in [9.17, 15) is 4.79 Å². The van der Waals surface area contributed by atoms with Gasteiger partial charge in [-0.25, -0.2) is 0 Å². The lowest BCUT2D eigenvalue weighted by Crippen LogP contribution is -2.08. The molecular weight excluding hydrogens is 186 g/mol. The van der Waals surface area contributed by atoms with Crippen LogP contribution in [0.4, 0.5) is 0 Å². The monoisotopic (exact) mass is 203 g/mol. The third-order valence-corrected chi connectivity index (χ3v) is 3.22. The highest BCUT2D eigenvalue weighted by Gasteiger charge is 2.19. The summed E-state index contributed by atoms with van der Waals surface area (Å²) >= 11 is 0. The van der Waals surface area contributed by atoms with Gasteiger partial charge >= 0.3 is 0 Å². The van der Waals surface area contributed by atoms with Gasteiger partial charge in [-0.1, -0.05) is 19.1 Å². The number of hydrogen-bond donors (Lipinski definition) is 1. The Morgan fingerprint density at radius 1 is 1.53 bits per heavy atom. The largest absolute Gasteiger partial charge is 0.330 e. The Morgan fingerprint density at radius 3 is 3.07 bits per heavy atom. The Bertz CT molecular complexity index is 384. The smallest absolute Gasteiger partial charge is 0.164 e. The van der Waals surface area contributed by atoms with Crippen molar-refractivity contribution in [1.82, 2.24) is 0 Å². The van der Waals surface area contributed by atoms with E-state index in [1.54, 1.807) is 0 Å². The highest BCUT2D eigenvalue weighted by Crippen LogP contribution is 2.33. The molecule has 0 aromatic heterocycles. The first kappa shape index (κ1) is 10.4. The van der Waals surface area contributed by atoms with Crippen LogP contribution in [0.3, 0.4) is 0 Å². The van der Waals surface area contributed by atoms with Gasteiger partial charge in [0.2, 0.25) is 0 Å². The van der Waals surface area contributed by atoms with Crippen molar-refractivity contribution in [2.75, 3.05) is 6.54 Å². The van der Waals surface area contributed by atoms with Gasteiger partial charge in [0, 0.05) is 12.0 Å². The van der Waals surface area contributed by atoms with Crippen LogP contribution in [0.15, 0.2) is 18.2 Å². The second kappa shape index (κ2) is 4.15. The maximum Gasteiger partial charge on any atom is 0.164 e. The molecule has 1 unspecified atom stereocenters. The highest BCUT2D eigenvalue weighted by molar-refractivity contribution is 5.96. The highest BCUT2D eigenvalue weighted by atomic mass is 16.1. The lowest BCUT2D eigenvalue weighted by atomic mass is 9.98. The molecule has 2 nitrogen and oxygen atoms in total. The Kier molecular flexibility index (Phi) is 2.87. The number of nitrogens with two attached hydrogens (primary N) is 1. The van der Waals surface area contributed by atoms with E-state index in [0.29, 0.717) is 18.9 Å². The van der Waals surface area contributed by atoms with Crippen molar-refractivity contribution in [2.24, 2.45) is 5.73 Å². The first-order chi connectivity index (χ1) is 7.22. The van der Waals surface area contributed by atoms with Crippen LogP contribution in [-0.2, 0) is 6.42 Å². The quantitative estimate of drug-likeness (QED) is 0.766. The molecule has 1 aromatic carbocycles. The van der Waals surface area contributed by atoms with Crippen molar-refractivity contribution in [2.45, 2.75) is 32.1 Å². The molecule has 0 spiro atoms. The van der Waals surface area contributed by atoms with Crippen molar-refractivity contribution in [3.05, 3.63) is 34.9 Å². The third kappa shape index (κ3) is 1.95. The zero-order valence-electron chi connectivity index (χ0n) is 9.12. The number of Topliss-reactive ketones (excluding diaryl/α,β-unsaturated/α-hetero) is 1. The van der Waals surface area contributed by atoms with Gasteiger partial charge in [0.05, 0.1) is 0 Å². The van der Waals surface area contributed by atoms with Crippen LogP contribution < -0.4 is 5.73 Å². The standard InChI is InChI=1S/C13H17NO/c1-9-2-3-10-4-5-11(8-12(9)10)13(15)6-7-14/h4-5,8-9H,2-3,6-7,14H2,1H3. The van der Waals surface area contributed by atoms with Crippen LogP contribution in [0.5, 0.6) is 0 Å². The molecule has 1 atom stereocenters. The molecular formula is C13H17NO. The molecule has 15 heavy (non-hydrogen) atoms. The van der Waals surface area contributed by atoms with Crippen molar-refractivity contribution in [3.8, 4) is 0 Å². The molecule has 0 saturated heterocycles. The van der Waals surface area contributed by atoms with Crippen molar-refractivity contribution in [3.63, 3.8) is 0 Å². The molecule has 0 radical (unpaired) electrons. The average molecular weight is 203 g/mol. The summed E-state index contributed by atoms with van der Waals surface area (Å²) < 4.78 is 0. The first-order valence-corrected chi connectivity index (χ1v) is 5.58. The molecule has 0 heterocycles. The van der Waals surface area contributed by atoms with E-state index in [2.05, 4.69) is 19.1 Å². The zero-order chi connectivity index (χ0) is 10.8. The maximum absolute atomic E-state index is 11.7. The van der Waals surface area contributed by atoms with Gasteiger partial charge in [-0.2, -0.15) is 0 Å². The summed E-state index contributed by atoms with van der Waals surface area (Å²) in [6.07, 6.45) is 2.82. The number of benzene rings is 1. The van der Waals surface area contributed by atoms with E-state index in [1.165, 1.54) is 17.5 Å². The third-order valence-electron chi connectivity index (χ3n) is 3.22. The molecule has 0 fully saturated rings. The van der Waals surface area contributed by atoms with Gasteiger partial charge in [0.1, 0.15) is 0 Å². The molecule has 1 aromatic rings. The molecule has 0 bridgehead atoms. The van der Waals surface area contributed by atoms with Gasteiger partial charge in [-0.15, -0.1) is 0 Å². The molecule has 0 amide bonds.